The van der Waals surface area contributed by atoms with Crippen molar-refractivity contribution in [3.05, 3.63) is 62.6 Å². The molecular weight excluding hydrogens is 431 g/mol. The van der Waals surface area contributed by atoms with Crippen molar-refractivity contribution in [2.45, 2.75) is 45.6 Å². The predicted octanol–water partition coefficient (Wildman–Crippen LogP) is 5.76. The molecule has 166 valence electrons. The van der Waals surface area contributed by atoms with Crippen LogP contribution in [-0.4, -0.2) is 42.2 Å². The van der Waals surface area contributed by atoms with Gasteiger partial charge in [0, 0.05) is 25.6 Å². The number of carbonyl (C=O) groups is 1. The summed E-state index contributed by atoms with van der Waals surface area (Å²) in [5.74, 6) is -0.350. The summed E-state index contributed by atoms with van der Waals surface area (Å²) in [4.78, 5) is 15.9. The number of para-hydroxylation sites is 1. The van der Waals surface area contributed by atoms with Gasteiger partial charge in [0.05, 0.1) is 21.7 Å². The molecule has 2 aromatic rings. The first kappa shape index (κ1) is 22.4. The lowest BCUT2D eigenvalue weighted by atomic mass is 9.86. The Kier molecular flexibility index (Phi) is 6.80. The molecule has 0 atom stereocenters. The molecule has 0 saturated carbocycles. The number of carboxylic acid groups (broad SMARTS) is 1. The number of piperidine rings is 1. The van der Waals surface area contributed by atoms with Crippen LogP contribution < -0.4 is 4.90 Å². The highest BCUT2D eigenvalue weighted by Crippen LogP contribution is 2.40. The number of nitrogens with zero attached hydrogens (tertiary/aromatic N) is 2. The van der Waals surface area contributed by atoms with Gasteiger partial charge in [0.25, 0.3) is 0 Å². The fourth-order valence-corrected chi connectivity index (χ4v) is 5.56. The minimum atomic E-state index is -0.651. The molecule has 31 heavy (non-hydrogen) atoms. The van der Waals surface area contributed by atoms with Gasteiger partial charge in [-0.1, -0.05) is 48.3 Å². The first-order chi connectivity index (χ1) is 14.9. The van der Waals surface area contributed by atoms with Crippen LogP contribution in [0.4, 0.5) is 5.69 Å². The van der Waals surface area contributed by atoms with Crippen molar-refractivity contribution >= 4 is 34.9 Å². The van der Waals surface area contributed by atoms with Crippen molar-refractivity contribution in [2.24, 2.45) is 5.92 Å². The van der Waals surface area contributed by atoms with Crippen LogP contribution in [0.15, 0.2) is 30.3 Å². The normalized spacial score (nSPS) is 18.3. The Morgan fingerprint density at radius 3 is 2.35 bits per heavy atom. The summed E-state index contributed by atoms with van der Waals surface area (Å²) in [7, 11) is 0. The van der Waals surface area contributed by atoms with Gasteiger partial charge in [-0.05, 0) is 73.7 Å². The van der Waals surface area contributed by atoms with Crippen molar-refractivity contribution in [1.82, 2.24) is 4.90 Å². The minimum absolute atomic E-state index is 0.182. The average Bonchev–Trinajstić information content (AvgIpc) is 2.71. The molecule has 4 nitrogen and oxygen atoms in total. The topological polar surface area (TPSA) is 43.8 Å². The maximum atomic E-state index is 11.2. The SMILES string of the molecule is CCc1cc(C2CN(c3c(Cl)cccc3Cl)C2)cc(C)c1CN1CCC(C(=O)O)CC1. The van der Waals surface area contributed by atoms with Crippen molar-refractivity contribution in [3.63, 3.8) is 0 Å². The van der Waals surface area contributed by atoms with E-state index in [9.17, 15) is 9.90 Å². The van der Waals surface area contributed by atoms with Gasteiger partial charge >= 0.3 is 5.97 Å². The molecule has 2 aromatic carbocycles. The van der Waals surface area contributed by atoms with E-state index in [4.69, 9.17) is 23.2 Å². The molecule has 1 N–H and O–H groups in total. The summed E-state index contributed by atoms with van der Waals surface area (Å²) in [6.07, 6.45) is 2.50. The quantitative estimate of drug-likeness (QED) is 0.594. The van der Waals surface area contributed by atoms with Crippen LogP contribution in [0.5, 0.6) is 0 Å². The number of hydrogen-bond donors (Lipinski definition) is 1. The van der Waals surface area contributed by atoms with Crippen LogP contribution in [-0.2, 0) is 17.8 Å². The fourth-order valence-electron chi connectivity index (χ4n) is 4.92. The maximum absolute atomic E-state index is 11.2. The number of likely N-dealkylation sites (tertiary alicyclic amines) is 1. The highest BCUT2D eigenvalue weighted by Gasteiger charge is 2.32. The summed E-state index contributed by atoms with van der Waals surface area (Å²) in [5.41, 5.74) is 6.48. The predicted molar refractivity (Wildman–Crippen MR) is 128 cm³/mol. The highest BCUT2D eigenvalue weighted by atomic mass is 35.5. The van der Waals surface area contributed by atoms with Crippen molar-refractivity contribution in [1.29, 1.82) is 0 Å². The smallest absolute Gasteiger partial charge is 0.306 e. The number of carboxylic acids is 1. The van der Waals surface area contributed by atoms with E-state index in [1.54, 1.807) is 0 Å². The maximum Gasteiger partial charge on any atom is 0.306 e. The third-order valence-electron chi connectivity index (χ3n) is 6.89. The number of halogens is 2. The Labute approximate surface area is 194 Å². The number of aryl methyl sites for hydroxylation is 2. The molecule has 4 rings (SSSR count). The minimum Gasteiger partial charge on any atom is -0.481 e. The number of benzene rings is 2. The number of rotatable bonds is 6. The number of anilines is 1. The zero-order valence-corrected chi connectivity index (χ0v) is 19.7. The van der Waals surface area contributed by atoms with Gasteiger partial charge in [0.15, 0.2) is 0 Å². The van der Waals surface area contributed by atoms with E-state index in [2.05, 4.69) is 35.8 Å². The molecule has 2 saturated heterocycles. The Balaban J connectivity index is 1.45. The lowest BCUT2D eigenvalue weighted by molar-refractivity contribution is -0.143. The van der Waals surface area contributed by atoms with Crippen molar-refractivity contribution < 1.29 is 9.90 Å². The third-order valence-corrected chi connectivity index (χ3v) is 7.50. The van der Waals surface area contributed by atoms with Gasteiger partial charge in [-0.2, -0.15) is 0 Å². The van der Waals surface area contributed by atoms with E-state index in [0.29, 0.717) is 16.0 Å². The third kappa shape index (κ3) is 4.72. The molecule has 0 unspecified atom stereocenters. The Morgan fingerprint density at radius 2 is 1.77 bits per heavy atom. The zero-order chi connectivity index (χ0) is 22.1. The summed E-state index contributed by atoms with van der Waals surface area (Å²) in [6.45, 7) is 8.91. The Bertz CT molecular complexity index is 944. The van der Waals surface area contributed by atoms with Crippen LogP contribution in [0.3, 0.4) is 0 Å². The Hall–Kier alpha value is -1.75. The second-order valence-electron chi connectivity index (χ2n) is 8.89. The van der Waals surface area contributed by atoms with Gasteiger partial charge in [-0.15, -0.1) is 0 Å². The largest absolute Gasteiger partial charge is 0.481 e. The highest BCUT2D eigenvalue weighted by molar-refractivity contribution is 6.39. The van der Waals surface area contributed by atoms with Crippen LogP contribution in [0.1, 0.15) is 47.9 Å². The first-order valence-electron chi connectivity index (χ1n) is 11.1. The number of aliphatic carboxylic acids is 1. The standard InChI is InChI=1S/C25H30Cl2N2O2/c1-3-17-12-19(20-13-29(14-20)24-22(26)5-4-6-23(24)27)11-16(2)21(17)15-28-9-7-18(8-10-28)25(30)31/h4-6,11-12,18,20H,3,7-10,13-15H2,1-2H3,(H,30,31). The lowest BCUT2D eigenvalue weighted by Gasteiger charge is -2.42. The van der Waals surface area contributed by atoms with E-state index in [0.717, 1.165) is 57.7 Å². The molecule has 0 aromatic heterocycles. The summed E-state index contributed by atoms with van der Waals surface area (Å²) in [5, 5.41) is 10.7. The molecule has 0 bridgehead atoms. The second kappa shape index (κ2) is 9.40. The average molecular weight is 461 g/mol. The van der Waals surface area contributed by atoms with Gasteiger partial charge in [-0.25, -0.2) is 0 Å². The monoisotopic (exact) mass is 460 g/mol. The molecule has 0 amide bonds. The van der Waals surface area contributed by atoms with Crippen molar-refractivity contribution in [3.8, 4) is 0 Å². The molecule has 0 radical (unpaired) electrons. The summed E-state index contributed by atoms with van der Waals surface area (Å²) < 4.78 is 0. The molecule has 2 heterocycles. The van der Waals surface area contributed by atoms with Crippen LogP contribution in [0.25, 0.3) is 0 Å². The van der Waals surface area contributed by atoms with Crippen molar-refractivity contribution in [2.75, 3.05) is 31.1 Å². The molecule has 0 spiro atoms. The molecular formula is C25H30Cl2N2O2. The van der Waals surface area contributed by atoms with Gasteiger partial charge < -0.3 is 10.0 Å². The zero-order valence-electron chi connectivity index (χ0n) is 18.2. The van der Waals surface area contributed by atoms with Gasteiger partial charge in [0.1, 0.15) is 0 Å². The number of hydrogen-bond acceptors (Lipinski definition) is 3. The van der Waals surface area contributed by atoms with E-state index in [1.807, 2.05) is 18.2 Å². The van der Waals surface area contributed by atoms with Gasteiger partial charge in [0.2, 0.25) is 0 Å². The van der Waals surface area contributed by atoms with E-state index in [1.165, 1.54) is 22.3 Å². The second-order valence-corrected chi connectivity index (χ2v) is 9.70. The summed E-state index contributed by atoms with van der Waals surface area (Å²) in [6, 6.07) is 10.4. The van der Waals surface area contributed by atoms with E-state index < -0.39 is 5.97 Å². The van der Waals surface area contributed by atoms with Gasteiger partial charge in [-0.3, -0.25) is 9.69 Å². The fraction of sp³-hybridized carbons (Fsp3) is 0.480. The van der Waals surface area contributed by atoms with Crippen LogP contribution >= 0.6 is 23.2 Å². The van der Waals surface area contributed by atoms with Crippen LogP contribution in [0.2, 0.25) is 10.0 Å². The first-order valence-corrected chi connectivity index (χ1v) is 11.9. The molecule has 0 aliphatic carbocycles. The molecule has 6 heteroatoms. The van der Waals surface area contributed by atoms with E-state index >= 15 is 0 Å². The molecule has 2 aliphatic rings. The lowest BCUT2D eigenvalue weighted by Crippen LogP contribution is -2.45. The van der Waals surface area contributed by atoms with Crippen LogP contribution in [0, 0.1) is 12.8 Å². The molecule has 2 aliphatic heterocycles. The van der Waals surface area contributed by atoms with E-state index in [-0.39, 0.29) is 5.92 Å². The summed E-state index contributed by atoms with van der Waals surface area (Å²) >= 11 is 12.8. The molecule has 2 fully saturated rings. The Morgan fingerprint density at radius 1 is 1.13 bits per heavy atom.